The second-order valence-electron chi connectivity index (χ2n) is 7.90. The van der Waals surface area contributed by atoms with Gasteiger partial charge in [0, 0.05) is 38.3 Å². The smallest absolute Gasteiger partial charge is 0.0549 e. The minimum absolute atomic E-state index is 1.18. The third-order valence-electron chi connectivity index (χ3n) is 6.30. The van der Waals surface area contributed by atoms with Crippen LogP contribution in [0, 0.1) is 0 Å². The fourth-order valence-corrected chi connectivity index (χ4v) is 5.06. The van der Waals surface area contributed by atoms with Crippen LogP contribution in [-0.4, -0.2) is 9.55 Å². The molecule has 0 radical (unpaired) electrons. The highest BCUT2D eigenvalue weighted by Crippen LogP contribution is 2.42. The van der Waals surface area contributed by atoms with E-state index in [1.54, 1.807) is 0 Å². The van der Waals surface area contributed by atoms with Gasteiger partial charge in [-0.25, -0.2) is 0 Å². The molecule has 1 N–H and O–H groups in total. The normalized spacial score (nSPS) is 12.0. The number of hydrogen-bond donors (Lipinski definition) is 1. The average Bonchev–Trinajstić information content (AvgIpc) is 3.35. The zero-order valence-electron chi connectivity index (χ0n) is 16.3. The van der Waals surface area contributed by atoms with Gasteiger partial charge in [0.05, 0.1) is 11.0 Å². The molecule has 0 atom stereocenters. The highest BCUT2D eigenvalue weighted by atomic mass is 15.0. The van der Waals surface area contributed by atoms with Gasteiger partial charge in [0.25, 0.3) is 0 Å². The van der Waals surface area contributed by atoms with E-state index in [2.05, 4.69) is 113 Å². The summed E-state index contributed by atoms with van der Waals surface area (Å²) in [6, 6.07) is 37.0. The molecule has 2 heterocycles. The Balaban J connectivity index is 1.84. The number of hydrogen-bond acceptors (Lipinski definition) is 0. The third-order valence-corrected chi connectivity index (χ3v) is 6.30. The van der Waals surface area contributed by atoms with Crippen molar-refractivity contribution in [3.05, 3.63) is 103 Å². The molecule has 0 saturated carbocycles. The Morgan fingerprint density at radius 1 is 0.467 bits per heavy atom. The van der Waals surface area contributed by atoms with Crippen LogP contribution in [0.25, 0.3) is 60.1 Å². The molecule has 30 heavy (non-hydrogen) atoms. The molecule has 0 fully saturated rings. The zero-order valence-corrected chi connectivity index (χ0v) is 16.3. The Morgan fingerprint density at radius 2 is 1.17 bits per heavy atom. The number of benzene rings is 5. The van der Waals surface area contributed by atoms with Crippen LogP contribution in [0.2, 0.25) is 0 Å². The average molecular weight is 382 g/mol. The van der Waals surface area contributed by atoms with Crippen molar-refractivity contribution in [2.24, 2.45) is 0 Å². The van der Waals surface area contributed by atoms with Crippen LogP contribution in [0.4, 0.5) is 0 Å². The SMILES string of the molecule is c1ccc(-n2c3ccc4ccccc4c3c3c4c(ccc32)[nH]c2ccccc24)cc1. The monoisotopic (exact) mass is 382 g/mol. The van der Waals surface area contributed by atoms with Gasteiger partial charge in [-0.15, -0.1) is 0 Å². The summed E-state index contributed by atoms with van der Waals surface area (Å²) < 4.78 is 2.40. The summed E-state index contributed by atoms with van der Waals surface area (Å²) in [5, 5.41) is 7.79. The van der Waals surface area contributed by atoms with Gasteiger partial charge in [-0.2, -0.15) is 0 Å². The fraction of sp³-hybridized carbons (Fsp3) is 0. The van der Waals surface area contributed by atoms with Gasteiger partial charge >= 0.3 is 0 Å². The molecule has 0 bridgehead atoms. The first kappa shape index (κ1) is 15.8. The second kappa shape index (κ2) is 5.74. The van der Waals surface area contributed by atoms with Crippen molar-refractivity contribution in [2.75, 3.05) is 0 Å². The molecule has 2 nitrogen and oxygen atoms in total. The largest absolute Gasteiger partial charge is 0.354 e. The zero-order chi connectivity index (χ0) is 19.7. The van der Waals surface area contributed by atoms with Gasteiger partial charge in [0.15, 0.2) is 0 Å². The molecule has 0 aliphatic heterocycles. The van der Waals surface area contributed by atoms with Crippen molar-refractivity contribution in [2.45, 2.75) is 0 Å². The van der Waals surface area contributed by atoms with Crippen LogP contribution in [0.1, 0.15) is 0 Å². The molecular formula is C28H18N2. The molecule has 140 valence electrons. The minimum atomic E-state index is 1.18. The van der Waals surface area contributed by atoms with Crippen molar-refractivity contribution < 1.29 is 0 Å². The lowest BCUT2D eigenvalue weighted by atomic mass is 10.0. The summed E-state index contributed by atoms with van der Waals surface area (Å²) in [6.07, 6.45) is 0. The lowest BCUT2D eigenvalue weighted by Gasteiger charge is -2.08. The van der Waals surface area contributed by atoms with Crippen LogP contribution in [-0.2, 0) is 0 Å². The molecule has 7 aromatic rings. The Hall–Kier alpha value is -4.04. The quantitative estimate of drug-likeness (QED) is 0.302. The summed E-state index contributed by atoms with van der Waals surface area (Å²) >= 11 is 0. The summed E-state index contributed by atoms with van der Waals surface area (Å²) in [5.41, 5.74) is 6.04. The Kier molecular flexibility index (Phi) is 3.03. The topological polar surface area (TPSA) is 20.7 Å². The number of fused-ring (bicyclic) bond motifs is 9. The van der Waals surface area contributed by atoms with Crippen molar-refractivity contribution in [3.8, 4) is 5.69 Å². The predicted octanol–water partition coefficient (Wildman–Crippen LogP) is 7.57. The highest BCUT2D eigenvalue weighted by molar-refractivity contribution is 6.32. The van der Waals surface area contributed by atoms with Crippen LogP contribution in [0.5, 0.6) is 0 Å². The summed E-state index contributed by atoms with van der Waals surface area (Å²) in [7, 11) is 0. The van der Waals surface area contributed by atoms with Gasteiger partial charge in [0.1, 0.15) is 0 Å². The van der Waals surface area contributed by atoms with E-state index in [0.717, 1.165) is 0 Å². The molecule has 5 aromatic carbocycles. The standard InChI is InChI=1S/C28H18N2/c1-2-9-19(10-3-1)30-24-16-14-18-8-4-5-11-20(18)27(24)28-25(30)17-15-23-26(28)21-12-6-7-13-22(21)29-23/h1-17,29H. The molecular weight excluding hydrogens is 364 g/mol. The molecule has 2 aromatic heterocycles. The number of aromatic amines is 1. The van der Waals surface area contributed by atoms with E-state index in [4.69, 9.17) is 0 Å². The number of rotatable bonds is 1. The van der Waals surface area contributed by atoms with E-state index in [1.807, 2.05) is 0 Å². The number of para-hydroxylation sites is 2. The maximum absolute atomic E-state index is 3.62. The number of nitrogens with one attached hydrogen (secondary N) is 1. The Labute approximate surface area is 173 Å². The molecule has 0 aliphatic carbocycles. The van der Waals surface area contributed by atoms with Gasteiger partial charge < -0.3 is 9.55 Å². The molecule has 0 amide bonds. The van der Waals surface area contributed by atoms with Crippen LogP contribution >= 0.6 is 0 Å². The summed E-state index contributed by atoms with van der Waals surface area (Å²) in [4.78, 5) is 3.62. The molecule has 0 spiro atoms. The second-order valence-corrected chi connectivity index (χ2v) is 7.90. The van der Waals surface area contributed by atoms with Gasteiger partial charge in [-0.05, 0) is 47.2 Å². The van der Waals surface area contributed by atoms with E-state index in [-0.39, 0.29) is 0 Å². The van der Waals surface area contributed by atoms with Crippen molar-refractivity contribution in [1.82, 2.24) is 9.55 Å². The van der Waals surface area contributed by atoms with E-state index in [0.29, 0.717) is 0 Å². The van der Waals surface area contributed by atoms with E-state index in [9.17, 15) is 0 Å². The summed E-state index contributed by atoms with van der Waals surface area (Å²) in [6.45, 7) is 0. The first-order valence-corrected chi connectivity index (χ1v) is 10.3. The maximum Gasteiger partial charge on any atom is 0.0549 e. The predicted molar refractivity (Wildman–Crippen MR) is 128 cm³/mol. The van der Waals surface area contributed by atoms with Gasteiger partial charge in [-0.1, -0.05) is 66.7 Å². The highest BCUT2D eigenvalue weighted by Gasteiger charge is 2.18. The van der Waals surface area contributed by atoms with Crippen molar-refractivity contribution >= 4 is 54.4 Å². The Bertz CT molecular complexity index is 1730. The van der Waals surface area contributed by atoms with E-state index in [1.165, 1.54) is 60.1 Å². The van der Waals surface area contributed by atoms with Gasteiger partial charge in [0.2, 0.25) is 0 Å². The first-order chi connectivity index (χ1) is 14.9. The lowest BCUT2D eigenvalue weighted by molar-refractivity contribution is 1.18. The Morgan fingerprint density at radius 3 is 2.07 bits per heavy atom. The molecule has 0 aliphatic rings. The summed E-state index contributed by atoms with van der Waals surface area (Å²) in [5.74, 6) is 0. The number of H-pyrrole nitrogens is 1. The molecule has 0 saturated heterocycles. The molecule has 2 heteroatoms. The van der Waals surface area contributed by atoms with E-state index >= 15 is 0 Å². The minimum Gasteiger partial charge on any atom is -0.354 e. The first-order valence-electron chi connectivity index (χ1n) is 10.3. The van der Waals surface area contributed by atoms with Crippen molar-refractivity contribution in [3.63, 3.8) is 0 Å². The van der Waals surface area contributed by atoms with E-state index < -0.39 is 0 Å². The van der Waals surface area contributed by atoms with Crippen LogP contribution < -0.4 is 0 Å². The maximum atomic E-state index is 3.62. The van der Waals surface area contributed by atoms with Gasteiger partial charge in [-0.3, -0.25) is 0 Å². The third kappa shape index (κ3) is 1.98. The lowest BCUT2D eigenvalue weighted by Crippen LogP contribution is -1.92. The fourth-order valence-electron chi connectivity index (χ4n) is 5.06. The number of aromatic nitrogens is 2. The van der Waals surface area contributed by atoms with Crippen molar-refractivity contribution in [1.29, 1.82) is 0 Å². The van der Waals surface area contributed by atoms with Crippen LogP contribution in [0.15, 0.2) is 103 Å². The molecule has 7 rings (SSSR count). The molecule has 0 unspecified atom stereocenters. The number of nitrogens with zero attached hydrogens (tertiary/aromatic N) is 1. The van der Waals surface area contributed by atoms with Crippen LogP contribution in [0.3, 0.4) is 0 Å².